The minimum Gasteiger partial charge on any atom is -0.398 e. The van der Waals surface area contributed by atoms with Crippen molar-refractivity contribution in [2.75, 3.05) is 38.5 Å². The molecule has 1 saturated carbocycles. The van der Waals surface area contributed by atoms with Crippen LogP contribution in [0.15, 0.2) is 23.1 Å². The summed E-state index contributed by atoms with van der Waals surface area (Å²) in [6.45, 7) is 6.59. The van der Waals surface area contributed by atoms with E-state index >= 15 is 0 Å². The summed E-state index contributed by atoms with van der Waals surface area (Å²) in [5, 5.41) is 0. The molecule has 0 radical (unpaired) electrons. The van der Waals surface area contributed by atoms with Crippen molar-refractivity contribution in [2.45, 2.75) is 31.8 Å². The van der Waals surface area contributed by atoms with Gasteiger partial charge in [-0.2, -0.15) is 0 Å². The van der Waals surface area contributed by atoms with Crippen molar-refractivity contribution in [3.8, 4) is 0 Å². The largest absolute Gasteiger partial charge is 0.398 e. The number of piperazine rings is 1. The first-order valence-corrected chi connectivity index (χ1v) is 7.65. The van der Waals surface area contributed by atoms with Gasteiger partial charge in [0.1, 0.15) is 0 Å². The maximum atomic E-state index is 11.7. The summed E-state index contributed by atoms with van der Waals surface area (Å²) in [7, 11) is 0. The predicted molar refractivity (Wildman–Crippen MR) is 80.8 cm³/mol. The lowest BCUT2D eigenvalue weighted by molar-refractivity contribution is 0.124. The lowest BCUT2D eigenvalue weighted by Crippen LogP contribution is -2.47. The quantitative estimate of drug-likeness (QED) is 0.856. The van der Waals surface area contributed by atoms with E-state index in [4.69, 9.17) is 5.73 Å². The van der Waals surface area contributed by atoms with Gasteiger partial charge in [0.2, 0.25) is 0 Å². The lowest BCUT2D eigenvalue weighted by Gasteiger charge is -2.34. The first kappa shape index (κ1) is 13.6. The van der Waals surface area contributed by atoms with Crippen LogP contribution in [-0.2, 0) is 6.54 Å². The van der Waals surface area contributed by atoms with Crippen molar-refractivity contribution < 1.29 is 0 Å². The van der Waals surface area contributed by atoms with Gasteiger partial charge in [-0.25, -0.2) is 0 Å². The molecule has 1 aromatic rings. The Bertz CT molecular complexity index is 501. The van der Waals surface area contributed by atoms with Crippen LogP contribution in [0.25, 0.3) is 0 Å². The van der Waals surface area contributed by atoms with Gasteiger partial charge in [-0.1, -0.05) is 0 Å². The molecular weight excluding hydrogens is 252 g/mol. The molecule has 0 amide bonds. The third kappa shape index (κ3) is 3.41. The summed E-state index contributed by atoms with van der Waals surface area (Å²) < 4.78 is 1.72. The zero-order chi connectivity index (χ0) is 13.9. The number of hydrogen-bond acceptors (Lipinski definition) is 4. The Labute approximate surface area is 120 Å². The molecule has 5 nitrogen and oxygen atoms in total. The van der Waals surface area contributed by atoms with Gasteiger partial charge in [0, 0.05) is 56.7 Å². The molecule has 0 unspecified atom stereocenters. The van der Waals surface area contributed by atoms with Gasteiger partial charge in [-0.3, -0.25) is 9.69 Å². The van der Waals surface area contributed by atoms with E-state index in [1.165, 1.54) is 39.0 Å². The second-order valence-corrected chi connectivity index (χ2v) is 5.96. The zero-order valence-corrected chi connectivity index (χ0v) is 12.0. The fraction of sp³-hybridized carbons (Fsp3) is 0.667. The first-order chi connectivity index (χ1) is 9.72. The van der Waals surface area contributed by atoms with E-state index in [0.29, 0.717) is 5.69 Å². The molecule has 110 valence electrons. The van der Waals surface area contributed by atoms with Crippen LogP contribution in [-0.4, -0.2) is 53.1 Å². The molecule has 0 spiro atoms. The number of nitrogens with two attached hydrogens (primary N) is 1. The van der Waals surface area contributed by atoms with Crippen LogP contribution in [0.4, 0.5) is 5.69 Å². The fourth-order valence-electron chi connectivity index (χ4n) is 2.98. The average molecular weight is 276 g/mol. The molecule has 0 atom stereocenters. The third-order valence-electron chi connectivity index (χ3n) is 4.35. The average Bonchev–Trinajstić information content (AvgIpc) is 3.28. The summed E-state index contributed by atoms with van der Waals surface area (Å²) >= 11 is 0. The van der Waals surface area contributed by atoms with Crippen LogP contribution in [0.2, 0.25) is 0 Å². The molecular formula is C15H24N4O. The molecule has 0 aromatic carbocycles. The molecule has 2 fully saturated rings. The van der Waals surface area contributed by atoms with Crippen molar-refractivity contribution in [3.63, 3.8) is 0 Å². The van der Waals surface area contributed by atoms with Gasteiger partial charge in [0.25, 0.3) is 5.56 Å². The summed E-state index contributed by atoms with van der Waals surface area (Å²) in [5.41, 5.74) is 6.41. The second kappa shape index (κ2) is 5.97. The molecule has 2 N–H and O–H groups in total. The fourth-order valence-corrected chi connectivity index (χ4v) is 2.98. The second-order valence-electron chi connectivity index (χ2n) is 5.96. The van der Waals surface area contributed by atoms with E-state index in [0.717, 1.165) is 25.6 Å². The molecule has 1 aliphatic heterocycles. The number of hydrogen-bond donors (Lipinski definition) is 1. The highest BCUT2D eigenvalue weighted by molar-refractivity contribution is 5.33. The molecule has 20 heavy (non-hydrogen) atoms. The molecule has 2 aliphatic rings. The summed E-state index contributed by atoms with van der Waals surface area (Å²) in [5.74, 6) is 0. The van der Waals surface area contributed by atoms with Crippen LogP contribution in [0, 0.1) is 0 Å². The van der Waals surface area contributed by atoms with Crippen molar-refractivity contribution in [1.82, 2.24) is 14.4 Å². The van der Waals surface area contributed by atoms with Crippen LogP contribution in [0.5, 0.6) is 0 Å². The molecule has 2 heterocycles. The summed E-state index contributed by atoms with van der Waals surface area (Å²) in [6.07, 6.45) is 5.55. The molecule has 3 rings (SSSR count). The highest BCUT2D eigenvalue weighted by atomic mass is 16.1. The summed E-state index contributed by atoms with van der Waals surface area (Å²) in [6, 6.07) is 4.10. The van der Waals surface area contributed by atoms with Crippen LogP contribution in [0.1, 0.15) is 19.3 Å². The predicted octanol–water partition coefficient (Wildman–Crippen LogP) is 0.601. The normalized spacial score (nSPS) is 21.2. The Morgan fingerprint density at radius 3 is 2.55 bits per heavy atom. The van der Waals surface area contributed by atoms with Crippen molar-refractivity contribution in [1.29, 1.82) is 0 Å². The number of aromatic nitrogens is 1. The topological polar surface area (TPSA) is 54.5 Å². The Balaban J connectivity index is 1.41. The molecule has 1 aromatic heterocycles. The molecule has 1 saturated heterocycles. The highest BCUT2D eigenvalue weighted by Crippen LogP contribution is 2.27. The smallest absolute Gasteiger partial charge is 0.250 e. The number of nitrogens with zero attached hydrogens (tertiary/aromatic N) is 3. The van der Waals surface area contributed by atoms with E-state index in [1.807, 2.05) is 0 Å². The Hall–Kier alpha value is -1.33. The van der Waals surface area contributed by atoms with Crippen molar-refractivity contribution >= 4 is 5.69 Å². The number of aryl methyl sites for hydroxylation is 1. The lowest BCUT2D eigenvalue weighted by atomic mass is 10.2. The van der Waals surface area contributed by atoms with Gasteiger partial charge in [0.15, 0.2) is 0 Å². The van der Waals surface area contributed by atoms with E-state index in [2.05, 4.69) is 9.80 Å². The highest BCUT2D eigenvalue weighted by Gasteiger charge is 2.30. The maximum Gasteiger partial charge on any atom is 0.250 e. The van der Waals surface area contributed by atoms with Crippen LogP contribution >= 0.6 is 0 Å². The monoisotopic (exact) mass is 276 g/mol. The van der Waals surface area contributed by atoms with E-state index in [1.54, 1.807) is 22.9 Å². The van der Waals surface area contributed by atoms with Gasteiger partial charge in [-0.05, 0) is 31.9 Å². The Morgan fingerprint density at radius 1 is 1.10 bits per heavy atom. The van der Waals surface area contributed by atoms with Gasteiger partial charge in [0.05, 0.1) is 0 Å². The third-order valence-corrected chi connectivity index (χ3v) is 4.35. The van der Waals surface area contributed by atoms with Gasteiger partial charge in [-0.15, -0.1) is 0 Å². The number of rotatable bonds is 5. The number of anilines is 1. The molecule has 0 bridgehead atoms. The van der Waals surface area contributed by atoms with Crippen molar-refractivity contribution in [2.24, 2.45) is 0 Å². The number of pyridine rings is 1. The van der Waals surface area contributed by atoms with E-state index in [-0.39, 0.29) is 5.56 Å². The molecule has 5 heteroatoms. The summed E-state index contributed by atoms with van der Waals surface area (Å²) in [4.78, 5) is 16.8. The number of nitrogen functional groups attached to an aromatic ring is 1. The first-order valence-electron chi connectivity index (χ1n) is 7.65. The van der Waals surface area contributed by atoms with Crippen LogP contribution < -0.4 is 11.3 Å². The maximum absolute atomic E-state index is 11.7. The minimum atomic E-state index is 0.0396. The van der Waals surface area contributed by atoms with Gasteiger partial charge < -0.3 is 15.2 Å². The van der Waals surface area contributed by atoms with Crippen molar-refractivity contribution in [3.05, 3.63) is 28.7 Å². The van der Waals surface area contributed by atoms with Crippen LogP contribution in [0.3, 0.4) is 0 Å². The van der Waals surface area contributed by atoms with E-state index < -0.39 is 0 Å². The Morgan fingerprint density at radius 2 is 1.85 bits per heavy atom. The molecule has 1 aliphatic carbocycles. The van der Waals surface area contributed by atoms with E-state index in [9.17, 15) is 4.79 Å². The minimum absolute atomic E-state index is 0.0396. The SMILES string of the molecule is Nc1ccc(=O)n(CCCN2CCN(C3CC3)CC2)c1. The Kier molecular flexibility index (Phi) is 4.08. The standard InChI is InChI=1S/C15H24N4O/c16-13-2-5-15(20)19(12-13)7-1-6-17-8-10-18(11-9-17)14-3-4-14/h2,5,12,14H,1,3-4,6-11,16H2. The van der Waals surface area contributed by atoms with Gasteiger partial charge >= 0.3 is 0 Å². The zero-order valence-electron chi connectivity index (χ0n) is 12.0.